The molecule has 0 saturated heterocycles. The average Bonchev–Trinajstić information content (AvgIpc) is 3.30. The van der Waals surface area contributed by atoms with Crippen LogP contribution in [0.15, 0.2) is 70.7 Å². The van der Waals surface area contributed by atoms with Crippen molar-refractivity contribution in [1.29, 1.82) is 0 Å². The van der Waals surface area contributed by atoms with Gasteiger partial charge in [0.1, 0.15) is 11.7 Å². The van der Waals surface area contributed by atoms with Crippen LogP contribution in [0.25, 0.3) is 0 Å². The third kappa shape index (κ3) is 6.21. The highest BCUT2D eigenvalue weighted by Gasteiger charge is 2.18. The molecule has 36 heavy (non-hydrogen) atoms. The number of nitrogens with one attached hydrogen (secondary N) is 2. The molecule has 1 aliphatic heterocycles. The molecule has 4 rings (SSSR count). The van der Waals surface area contributed by atoms with Crippen molar-refractivity contribution in [2.75, 3.05) is 36.5 Å². The molecule has 0 unspecified atom stereocenters. The Hall–Kier alpha value is -3.89. The monoisotopic (exact) mass is 523 g/mol. The summed E-state index contributed by atoms with van der Waals surface area (Å²) in [6.07, 6.45) is 1.40. The first kappa shape index (κ1) is 25.2. The lowest BCUT2D eigenvalue weighted by molar-refractivity contribution is -0.133. The zero-order valence-corrected chi connectivity index (χ0v) is 20.8. The number of amides is 2. The van der Waals surface area contributed by atoms with Gasteiger partial charge in [0.15, 0.2) is 0 Å². The molecule has 0 bridgehead atoms. The number of carbonyl (C=O) groups is 3. The summed E-state index contributed by atoms with van der Waals surface area (Å²) in [5.41, 5.74) is 1.76. The average molecular weight is 524 g/mol. The first-order valence-electron chi connectivity index (χ1n) is 10.9. The Balaban J connectivity index is 1.56. The Morgan fingerprint density at radius 1 is 1.06 bits per heavy atom. The van der Waals surface area contributed by atoms with Crippen molar-refractivity contribution >= 4 is 58.5 Å². The third-order valence-electron chi connectivity index (χ3n) is 5.28. The van der Waals surface area contributed by atoms with Crippen molar-refractivity contribution in [2.45, 2.75) is 4.90 Å². The minimum absolute atomic E-state index is 0.161. The van der Waals surface area contributed by atoms with Gasteiger partial charge in [-0.2, -0.15) is 0 Å². The summed E-state index contributed by atoms with van der Waals surface area (Å²) in [5.74, 6) is -0.902. The molecule has 2 aromatic carbocycles. The Morgan fingerprint density at radius 2 is 1.83 bits per heavy atom. The van der Waals surface area contributed by atoms with Gasteiger partial charge in [0.05, 0.1) is 28.6 Å². The maximum absolute atomic E-state index is 13.1. The van der Waals surface area contributed by atoms with Gasteiger partial charge in [0.2, 0.25) is 0 Å². The smallest absolute Gasteiger partial charge is 0.313 e. The van der Waals surface area contributed by atoms with Crippen molar-refractivity contribution in [2.24, 2.45) is 4.99 Å². The molecular formula is C25H22ClN5O4S. The molecule has 0 spiro atoms. The number of anilines is 2. The molecule has 0 atom stereocenters. The molecule has 1 aromatic heterocycles. The first-order valence-corrected chi connectivity index (χ1v) is 12.3. The summed E-state index contributed by atoms with van der Waals surface area (Å²) in [5, 5.41) is 14.9. The van der Waals surface area contributed by atoms with Crippen LogP contribution in [0, 0.1) is 0 Å². The molecular weight excluding hydrogens is 502 g/mol. The van der Waals surface area contributed by atoms with E-state index in [1.54, 1.807) is 36.4 Å². The Labute approximate surface area is 216 Å². The molecule has 184 valence electrons. The number of nitrogens with zero attached hydrogens (tertiary/aromatic N) is 3. The number of thioether (sulfide) groups is 1. The van der Waals surface area contributed by atoms with Crippen LogP contribution in [-0.4, -0.2) is 64.5 Å². The van der Waals surface area contributed by atoms with E-state index in [9.17, 15) is 14.4 Å². The van der Waals surface area contributed by atoms with E-state index in [1.807, 2.05) is 19.2 Å². The normalized spacial score (nSPS) is 12.7. The van der Waals surface area contributed by atoms with Crippen LogP contribution in [0.3, 0.4) is 0 Å². The van der Waals surface area contributed by atoms with E-state index in [0.717, 1.165) is 36.3 Å². The van der Waals surface area contributed by atoms with Crippen LogP contribution in [0.2, 0.25) is 5.02 Å². The Morgan fingerprint density at radius 3 is 2.47 bits per heavy atom. The molecule has 0 fully saturated rings. The van der Waals surface area contributed by atoms with E-state index in [0.29, 0.717) is 15.5 Å². The lowest BCUT2D eigenvalue weighted by Gasteiger charge is -2.15. The van der Waals surface area contributed by atoms with E-state index >= 15 is 0 Å². The van der Waals surface area contributed by atoms with Gasteiger partial charge in [-0.05, 0) is 42.5 Å². The number of aromatic nitrogens is 1. The third-order valence-corrected chi connectivity index (χ3v) is 6.48. The van der Waals surface area contributed by atoms with Gasteiger partial charge in [-0.3, -0.25) is 19.4 Å². The number of hydrogen-bond acceptors (Lipinski definition) is 7. The molecule has 9 nitrogen and oxygen atoms in total. The molecule has 3 aromatic rings. The van der Waals surface area contributed by atoms with Gasteiger partial charge < -0.3 is 20.6 Å². The highest BCUT2D eigenvalue weighted by molar-refractivity contribution is 8.00. The van der Waals surface area contributed by atoms with Gasteiger partial charge in [-0.1, -0.05) is 23.7 Å². The number of pyridine rings is 1. The van der Waals surface area contributed by atoms with E-state index in [-0.39, 0.29) is 22.8 Å². The maximum Gasteiger partial charge on any atom is 0.313 e. The lowest BCUT2D eigenvalue weighted by atomic mass is 10.1. The van der Waals surface area contributed by atoms with E-state index < -0.39 is 17.8 Å². The molecule has 0 aliphatic carbocycles. The van der Waals surface area contributed by atoms with Crippen LogP contribution in [0.1, 0.15) is 26.3 Å². The molecule has 3 N–H and O–H groups in total. The summed E-state index contributed by atoms with van der Waals surface area (Å²) in [7, 11) is 1.97. The molecule has 2 heterocycles. The quantitative estimate of drug-likeness (QED) is 0.379. The minimum Gasteiger partial charge on any atom is -0.481 e. The number of amidine groups is 1. The maximum atomic E-state index is 13.1. The van der Waals surface area contributed by atoms with Crippen LogP contribution in [0.4, 0.5) is 11.5 Å². The topological polar surface area (TPSA) is 124 Å². The molecule has 11 heteroatoms. The SMILES string of the molecule is CN1CCN=C1c1ccc(C(=O)Nc2ccc(SCC(=O)O)cc2C(=O)Nc2ccc(Cl)cn2)cc1. The predicted octanol–water partition coefficient (Wildman–Crippen LogP) is 4.11. The van der Waals surface area contributed by atoms with Gasteiger partial charge in [-0.25, -0.2) is 4.98 Å². The number of aliphatic imine (C=N–C) groups is 1. The lowest BCUT2D eigenvalue weighted by Crippen LogP contribution is -2.23. The zero-order valence-electron chi connectivity index (χ0n) is 19.2. The van der Waals surface area contributed by atoms with E-state index in [1.165, 1.54) is 12.3 Å². The summed E-state index contributed by atoms with van der Waals surface area (Å²) in [4.78, 5) is 48.2. The predicted molar refractivity (Wildman–Crippen MR) is 140 cm³/mol. The van der Waals surface area contributed by atoms with E-state index in [2.05, 4.69) is 25.5 Å². The molecule has 2 amide bonds. The highest BCUT2D eigenvalue weighted by Crippen LogP contribution is 2.26. The second kappa shape index (κ2) is 11.2. The summed E-state index contributed by atoms with van der Waals surface area (Å²) in [6.45, 7) is 1.60. The Bertz CT molecular complexity index is 1330. The van der Waals surface area contributed by atoms with Gasteiger partial charge in [-0.15, -0.1) is 11.8 Å². The molecule has 0 saturated carbocycles. The summed E-state index contributed by atoms with van der Waals surface area (Å²) >= 11 is 6.92. The summed E-state index contributed by atoms with van der Waals surface area (Å²) < 4.78 is 0. The highest BCUT2D eigenvalue weighted by atomic mass is 35.5. The fraction of sp³-hybridized carbons (Fsp3) is 0.160. The van der Waals surface area contributed by atoms with Gasteiger partial charge in [0.25, 0.3) is 11.8 Å². The van der Waals surface area contributed by atoms with Crippen LogP contribution in [-0.2, 0) is 4.79 Å². The fourth-order valence-corrected chi connectivity index (χ4v) is 4.27. The second-order valence-electron chi connectivity index (χ2n) is 7.86. The standard InChI is InChI=1S/C25H22ClN5O4S/c1-31-11-10-27-23(31)15-2-4-16(5-3-15)24(34)29-20-8-7-18(36-14-22(32)33)12-19(20)25(35)30-21-9-6-17(26)13-28-21/h2-9,12-13H,10-11,14H2,1H3,(H,29,34)(H,32,33)(H,28,30,35). The number of rotatable bonds is 8. The van der Waals surface area contributed by atoms with Crippen molar-refractivity contribution in [3.63, 3.8) is 0 Å². The molecule has 0 radical (unpaired) electrons. The largest absolute Gasteiger partial charge is 0.481 e. The number of likely N-dealkylation sites (N-methyl/N-ethyl adjacent to an activating group) is 1. The number of carboxylic acids is 1. The second-order valence-corrected chi connectivity index (χ2v) is 9.35. The van der Waals surface area contributed by atoms with Crippen LogP contribution in [0.5, 0.6) is 0 Å². The number of halogens is 1. The number of carboxylic acid groups (broad SMARTS) is 1. The van der Waals surface area contributed by atoms with Crippen molar-refractivity contribution < 1.29 is 19.5 Å². The molecule has 1 aliphatic rings. The van der Waals surface area contributed by atoms with Gasteiger partial charge in [0, 0.05) is 35.8 Å². The van der Waals surface area contributed by atoms with Crippen LogP contribution < -0.4 is 10.6 Å². The fourth-order valence-electron chi connectivity index (χ4n) is 3.50. The zero-order chi connectivity index (χ0) is 25.7. The number of carbonyl (C=O) groups excluding carboxylic acids is 2. The van der Waals surface area contributed by atoms with Crippen molar-refractivity contribution in [3.05, 3.63) is 82.5 Å². The summed E-state index contributed by atoms with van der Waals surface area (Å²) in [6, 6.07) is 15.0. The minimum atomic E-state index is -0.980. The van der Waals surface area contributed by atoms with E-state index in [4.69, 9.17) is 16.7 Å². The number of benzene rings is 2. The van der Waals surface area contributed by atoms with Gasteiger partial charge >= 0.3 is 5.97 Å². The van der Waals surface area contributed by atoms with Crippen molar-refractivity contribution in [1.82, 2.24) is 9.88 Å². The number of hydrogen-bond donors (Lipinski definition) is 3. The van der Waals surface area contributed by atoms with Crippen molar-refractivity contribution in [3.8, 4) is 0 Å². The first-order chi connectivity index (χ1) is 17.3. The van der Waals surface area contributed by atoms with Crippen LogP contribution >= 0.6 is 23.4 Å². The Kier molecular flexibility index (Phi) is 7.87. The number of aliphatic carboxylic acids is 1.